The number of ether oxygens (including phenoxy) is 2. The van der Waals surface area contributed by atoms with Crippen LogP contribution in [0.4, 0.5) is 5.69 Å². The van der Waals surface area contributed by atoms with Gasteiger partial charge in [0, 0.05) is 19.0 Å². The van der Waals surface area contributed by atoms with E-state index in [-0.39, 0.29) is 24.7 Å². The lowest BCUT2D eigenvalue weighted by atomic mass is 9.88. The van der Waals surface area contributed by atoms with Crippen LogP contribution in [0.15, 0.2) is 36.6 Å². The summed E-state index contributed by atoms with van der Waals surface area (Å²) in [5.74, 6) is -0.842. The number of carbonyl (C=O) groups is 2. The molecule has 0 heterocycles. The highest BCUT2D eigenvalue weighted by atomic mass is 16.5. The molecule has 0 spiro atoms. The van der Waals surface area contributed by atoms with Crippen LogP contribution in [0.5, 0.6) is 0 Å². The van der Waals surface area contributed by atoms with Gasteiger partial charge in [-0.15, -0.1) is 0 Å². The average molecular weight is 320 g/mol. The van der Waals surface area contributed by atoms with Crippen molar-refractivity contribution in [3.63, 3.8) is 0 Å². The molecule has 0 aliphatic carbocycles. The van der Waals surface area contributed by atoms with Crippen LogP contribution in [0.1, 0.15) is 26.3 Å². The quantitative estimate of drug-likeness (QED) is 0.433. The molecule has 23 heavy (non-hydrogen) atoms. The van der Waals surface area contributed by atoms with Gasteiger partial charge in [0.25, 0.3) is 0 Å². The Labute approximate surface area is 136 Å². The minimum Gasteiger partial charge on any atom is -0.496 e. The van der Waals surface area contributed by atoms with Crippen molar-refractivity contribution in [3.05, 3.63) is 42.2 Å². The molecule has 3 N–H and O–H groups in total. The number of nitrogen functional groups attached to an aromatic ring is 1. The number of nitrogens with two attached hydrogens (primary N) is 1. The van der Waals surface area contributed by atoms with Gasteiger partial charge in [0.1, 0.15) is 5.76 Å². The van der Waals surface area contributed by atoms with E-state index in [4.69, 9.17) is 15.2 Å². The Morgan fingerprint density at radius 1 is 1.17 bits per heavy atom. The smallest absolute Gasteiger partial charge is 0.340 e. The Balaban J connectivity index is 3.28. The van der Waals surface area contributed by atoms with Crippen LogP contribution in [0.3, 0.4) is 0 Å². The summed E-state index contributed by atoms with van der Waals surface area (Å²) in [6.07, 6.45) is 0.157. The molecule has 1 aromatic rings. The van der Waals surface area contributed by atoms with Crippen molar-refractivity contribution in [2.45, 2.75) is 32.7 Å². The average Bonchev–Trinajstić information content (AvgIpc) is 2.48. The van der Waals surface area contributed by atoms with E-state index in [0.717, 1.165) is 5.56 Å². The van der Waals surface area contributed by atoms with Gasteiger partial charge in [-0.2, -0.15) is 0 Å². The molecule has 6 nitrogen and oxygen atoms in total. The standard InChI is InChI=1S/C17H24N2O4/c1-5-22-12(3)17(19-13(4)20,16(21)23-6-2)11-14-7-9-15(18)10-8-14/h7-10H,3,5-6,11,18H2,1-2,4H3,(H,19,20). The van der Waals surface area contributed by atoms with E-state index in [1.165, 1.54) is 6.92 Å². The lowest BCUT2D eigenvalue weighted by Gasteiger charge is -2.33. The van der Waals surface area contributed by atoms with Crippen LogP contribution in [0, 0.1) is 0 Å². The molecule has 0 aromatic heterocycles. The van der Waals surface area contributed by atoms with Gasteiger partial charge in [0.15, 0.2) is 5.54 Å². The molecule has 0 radical (unpaired) electrons. The minimum absolute atomic E-state index is 0.144. The van der Waals surface area contributed by atoms with Gasteiger partial charge in [-0.05, 0) is 31.5 Å². The highest BCUT2D eigenvalue weighted by Crippen LogP contribution is 2.25. The number of amides is 1. The Bertz CT molecular complexity index is 548. The summed E-state index contributed by atoms with van der Waals surface area (Å²) in [5.41, 5.74) is 5.61. The van der Waals surface area contributed by atoms with Crippen molar-refractivity contribution >= 4 is 17.6 Å². The minimum atomic E-state index is -1.48. The molecule has 1 rings (SSSR count). The molecular weight excluding hydrogens is 296 g/mol. The Hall–Kier alpha value is -2.50. The maximum atomic E-state index is 12.6. The van der Waals surface area contributed by atoms with E-state index in [2.05, 4.69) is 11.9 Å². The number of rotatable bonds is 8. The van der Waals surface area contributed by atoms with Gasteiger partial charge in [-0.25, -0.2) is 4.79 Å². The molecular formula is C17H24N2O4. The fourth-order valence-corrected chi connectivity index (χ4v) is 2.24. The topological polar surface area (TPSA) is 90.6 Å². The number of carbonyl (C=O) groups excluding carboxylic acids is 2. The second-order valence-electron chi connectivity index (χ2n) is 5.08. The molecule has 0 saturated heterocycles. The Morgan fingerprint density at radius 2 is 1.74 bits per heavy atom. The maximum Gasteiger partial charge on any atom is 0.340 e. The molecule has 126 valence electrons. The zero-order valence-electron chi connectivity index (χ0n) is 13.8. The molecule has 0 saturated carbocycles. The van der Waals surface area contributed by atoms with E-state index >= 15 is 0 Å². The third-order valence-corrected chi connectivity index (χ3v) is 3.26. The first kappa shape index (κ1) is 18.5. The van der Waals surface area contributed by atoms with Crippen molar-refractivity contribution in [2.75, 3.05) is 18.9 Å². The molecule has 0 fully saturated rings. The largest absolute Gasteiger partial charge is 0.496 e. The zero-order valence-corrected chi connectivity index (χ0v) is 13.8. The third-order valence-electron chi connectivity index (χ3n) is 3.26. The SMILES string of the molecule is C=C(OCC)C(Cc1ccc(N)cc1)(NC(C)=O)C(=O)OCC. The summed E-state index contributed by atoms with van der Waals surface area (Å²) < 4.78 is 10.6. The lowest BCUT2D eigenvalue weighted by molar-refractivity contribution is -0.153. The van der Waals surface area contributed by atoms with E-state index < -0.39 is 11.5 Å². The maximum absolute atomic E-state index is 12.6. The van der Waals surface area contributed by atoms with Crippen molar-refractivity contribution in [3.8, 4) is 0 Å². The molecule has 0 bridgehead atoms. The van der Waals surface area contributed by atoms with Gasteiger partial charge < -0.3 is 20.5 Å². The molecule has 0 aliphatic heterocycles. The van der Waals surface area contributed by atoms with Gasteiger partial charge in [-0.1, -0.05) is 18.7 Å². The Morgan fingerprint density at radius 3 is 2.22 bits per heavy atom. The van der Waals surface area contributed by atoms with Crippen molar-refractivity contribution in [2.24, 2.45) is 0 Å². The summed E-state index contributed by atoms with van der Waals surface area (Å²) in [6.45, 7) is 9.13. The highest BCUT2D eigenvalue weighted by molar-refractivity contribution is 5.90. The van der Waals surface area contributed by atoms with Crippen LogP contribution in [0.2, 0.25) is 0 Å². The van der Waals surface area contributed by atoms with Crippen LogP contribution >= 0.6 is 0 Å². The molecule has 1 amide bonds. The monoisotopic (exact) mass is 320 g/mol. The summed E-state index contributed by atoms with van der Waals surface area (Å²) >= 11 is 0. The summed E-state index contributed by atoms with van der Waals surface area (Å²) in [7, 11) is 0. The first-order valence-corrected chi connectivity index (χ1v) is 7.48. The van der Waals surface area contributed by atoms with Gasteiger partial charge in [0.05, 0.1) is 13.2 Å². The molecule has 1 aromatic carbocycles. The Kier molecular flexibility index (Phi) is 6.63. The van der Waals surface area contributed by atoms with E-state index in [9.17, 15) is 9.59 Å². The number of benzene rings is 1. The summed E-state index contributed by atoms with van der Waals surface area (Å²) in [4.78, 5) is 24.3. The number of nitrogens with one attached hydrogen (secondary N) is 1. The van der Waals surface area contributed by atoms with Crippen LogP contribution in [0.25, 0.3) is 0 Å². The van der Waals surface area contributed by atoms with E-state index in [1.54, 1.807) is 38.1 Å². The second-order valence-corrected chi connectivity index (χ2v) is 5.08. The second kappa shape index (κ2) is 8.22. The zero-order chi connectivity index (χ0) is 17.5. The molecule has 0 aliphatic rings. The third kappa shape index (κ3) is 4.74. The first-order chi connectivity index (χ1) is 10.9. The summed E-state index contributed by atoms with van der Waals surface area (Å²) in [5, 5.41) is 2.66. The number of hydrogen-bond acceptors (Lipinski definition) is 5. The van der Waals surface area contributed by atoms with Crippen molar-refractivity contribution in [1.82, 2.24) is 5.32 Å². The lowest BCUT2D eigenvalue weighted by Crippen LogP contribution is -2.58. The normalized spacial score (nSPS) is 12.8. The van der Waals surface area contributed by atoms with Crippen LogP contribution in [-0.4, -0.2) is 30.6 Å². The van der Waals surface area contributed by atoms with E-state index in [1.807, 2.05) is 0 Å². The van der Waals surface area contributed by atoms with Crippen LogP contribution in [-0.2, 0) is 25.5 Å². The van der Waals surface area contributed by atoms with Crippen LogP contribution < -0.4 is 11.1 Å². The fourth-order valence-electron chi connectivity index (χ4n) is 2.24. The predicted octanol–water partition coefficient (Wildman–Crippen LogP) is 1.80. The first-order valence-electron chi connectivity index (χ1n) is 7.48. The summed E-state index contributed by atoms with van der Waals surface area (Å²) in [6, 6.07) is 7.01. The number of anilines is 1. The highest BCUT2D eigenvalue weighted by Gasteiger charge is 2.45. The number of hydrogen-bond donors (Lipinski definition) is 2. The van der Waals surface area contributed by atoms with Crippen molar-refractivity contribution < 1.29 is 19.1 Å². The molecule has 1 unspecified atom stereocenters. The van der Waals surface area contributed by atoms with Gasteiger partial charge in [-0.3, -0.25) is 4.79 Å². The van der Waals surface area contributed by atoms with Crippen molar-refractivity contribution in [1.29, 1.82) is 0 Å². The molecule has 6 heteroatoms. The van der Waals surface area contributed by atoms with E-state index in [0.29, 0.717) is 12.3 Å². The fraction of sp³-hybridized carbons (Fsp3) is 0.412. The van der Waals surface area contributed by atoms with Gasteiger partial charge >= 0.3 is 5.97 Å². The predicted molar refractivity (Wildman–Crippen MR) is 88.5 cm³/mol. The molecule has 1 atom stereocenters. The number of esters is 1. The van der Waals surface area contributed by atoms with Gasteiger partial charge in [0.2, 0.25) is 5.91 Å².